The molecule has 0 bridgehead atoms. The maximum absolute atomic E-state index is 12.1. The Morgan fingerprint density at radius 1 is 1.20 bits per heavy atom. The van der Waals surface area contributed by atoms with Gasteiger partial charge >= 0.3 is 18.3 Å². The smallest absolute Gasteiger partial charge is 0.481 e. The minimum Gasteiger partial charge on any atom is -0.481 e. The fraction of sp³-hybridized carbons (Fsp3) is 0.167. The molecule has 0 radical (unpaired) electrons. The number of hydrogen-bond donors (Lipinski definition) is 2. The van der Waals surface area contributed by atoms with E-state index in [4.69, 9.17) is 10.2 Å². The molecule has 1 aromatic carbocycles. The van der Waals surface area contributed by atoms with Gasteiger partial charge in [0.15, 0.2) is 0 Å². The van der Waals surface area contributed by atoms with Crippen molar-refractivity contribution in [3.8, 4) is 17.6 Å². The van der Waals surface area contributed by atoms with Crippen LogP contribution in [0.3, 0.4) is 0 Å². The van der Waals surface area contributed by atoms with Crippen molar-refractivity contribution in [3.63, 3.8) is 0 Å². The Morgan fingerprint density at radius 3 is 2.35 bits per heavy atom. The lowest BCUT2D eigenvalue weighted by Crippen LogP contribution is -2.17. The Balaban J connectivity index is 3.13. The molecule has 2 N–H and O–H groups in total. The lowest BCUT2D eigenvalue weighted by atomic mass is 10.1. The van der Waals surface area contributed by atoms with E-state index in [0.717, 1.165) is 12.1 Å². The van der Waals surface area contributed by atoms with Gasteiger partial charge in [-0.1, -0.05) is 11.8 Å². The monoisotopic (exact) mass is 288 g/mol. The zero-order valence-electron chi connectivity index (χ0n) is 9.69. The van der Waals surface area contributed by atoms with Gasteiger partial charge in [0, 0.05) is 5.56 Å². The second-order valence-corrected chi connectivity index (χ2v) is 3.47. The molecule has 0 saturated heterocycles. The van der Waals surface area contributed by atoms with Crippen molar-refractivity contribution in [1.29, 1.82) is 0 Å². The third kappa shape index (κ3) is 5.30. The normalized spacial score (nSPS) is 10.3. The summed E-state index contributed by atoms with van der Waals surface area (Å²) >= 11 is 0. The Bertz CT molecular complexity index is 595. The van der Waals surface area contributed by atoms with Crippen LogP contribution < -0.4 is 4.74 Å². The quantitative estimate of drug-likeness (QED) is 0.832. The summed E-state index contributed by atoms with van der Waals surface area (Å²) in [5.74, 6) is 1.03. The lowest BCUT2D eigenvalue weighted by molar-refractivity contribution is -0.274. The Morgan fingerprint density at radius 2 is 1.85 bits per heavy atom. The second kappa shape index (κ2) is 5.97. The molecule has 0 aromatic heterocycles. The van der Waals surface area contributed by atoms with Crippen molar-refractivity contribution in [3.05, 3.63) is 29.3 Å². The average molecular weight is 288 g/mol. The Kier molecular flexibility index (Phi) is 4.59. The fourth-order valence-corrected chi connectivity index (χ4v) is 1.21. The van der Waals surface area contributed by atoms with Crippen LogP contribution in [0.2, 0.25) is 0 Å². The predicted octanol–water partition coefficient (Wildman–Crippen LogP) is 2.11. The van der Waals surface area contributed by atoms with E-state index in [0.29, 0.717) is 6.07 Å². The van der Waals surface area contributed by atoms with Crippen LogP contribution in [0.5, 0.6) is 5.75 Å². The van der Waals surface area contributed by atoms with Crippen molar-refractivity contribution < 1.29 is 37.7 Å². The van der Waals surface area contributed by atoms with Crippen LogP contribution in [0.15, 0.2) is 18.2 Å². The average Bonchev–Trinajstić information content (AvgIpc) is 2.25. The highest BCUT2D eigenvalue weighted by Gasteiger charge is 2.31. The minimum absolute atomic E-state index is 0.0922. The molecule has 0 fully saturated rings. The molecule has 0 unspecified atom stereocenters. The zero-order chi connectivity index (χ0) is 15.3. The summed E-state index contributed by atoms with van der Waals surface area (Å²) in [4.78, 5) is 21.0. The van der Waals surface area contributed by atoms with E-state index in [-0.39, 0.29) is 5.56 Å². The summed E-state index contributed by atoms with van der Waals surface area (Å²) in [6.45, 7) is 0. The van der Waals surface area contributed by atoms with Gasteiger partial charge in [-0.2, -0.15) is 0 Å². The van der Waals surface area contributed by atoms with Crippen LogP contribution >= 0.6 is 0 Å². The summed E-state index contributed by atoms with van der Waals surface area (Å²) in [5.41, 5.74) is -0.545. The van der Waals surface area contributed by atoms with Crippen LogP contribution in [-0.2, 0) is 4.79 Å². The number of aliphatic carboxylic acids is 1. The summed E-state index contributed by atoms with van der Waals surface area (Å²) in [5, 5.41) is 17.1. The van der Waals surface area contributed by atoms with Gasteiger partial charge in [-0.3, -0.25) is 4.79 Å². The number of halogens is 3. The van der Waals surface area contributed by atoms with Gasteiger partial charge in [0.1, 0.15) is 12.2 Å². The van der Waals surface area contributed by atoms with E-state index in [9.17, 15) is 22.8 Å². The van der Waals surface area contributed by atoms with E-state index in [2.05, 4.69) is 16.6 Å². The molecule has 0 aliphatic rings. The summed E-state index contributed by atoms with van der Waals surface area (Å²) in [6.07, 6.45) is -5.49. The number of carboxylic acid groups (broad SMARTS) is 2. The Hall–Kier alpha value is -2.69. The highest BCUT2D eigenvalue weighted by molar-refractivity contribution is 5.88. The van der Waals surface area contributed by atoms with Gasteiger partial charge in [0.2, 0.25) is 0 Å². The molecule has 0 aliphatic carbocycles. The van der Waals surface area contributed by atoms with Crippen molar-refractivity contribution in [2.45, 2.75) is 12.8 Å². The van der Waals surface area contributed by atoms with Gasteiger partial charge in [0.25, 0.3) is 0 Å². The predicted molar refractivity (Wildman–Crippen MR) is 59.2 cm³/mol. The number of ether oxygens (including phenoxy) is 1. The molecule has 5 nitrogen and oxygen atoms in total. The zero-order valence-corrected chi connectivity index (χ0v) is 9.69. The highest BCUT2D eigenvalue weighted by Crippen LogP contribution is 2.25. The van der Waals surface area contributed by atoms with Gasteiger partial charge in [-0.15, -0.1) is 13.2 Å². The molecule has 8 heteroatoms. The van der Waals surface area contributed by atoms with E-state index in [1.807, 2.05) is 0 Å². The first kappa shape index (κ1) is 15.4. The van der Waals surface area contributed by atoms with Crippen LogP contribution in [0, 0.1) is 11.8 Å². The van der Waals surface area contributed by atoms with E-state index in [1.165, 1.54) is 0 Å². The molecular formula is C12H7F3O5. The van der Waals surface area contributed by atoms with Gasteiger partial charge in [-0.25, -0.2) is 4.79 Å². The number of hydrogen-bond acceptors (Lipinski definition) is 3. The summed E-state index contributed by atoms with van der Waals surface area (Å²) < 4.78 is 39.9. The molecule has 0 heterocycles. The third-order valence-electron chi connectivity index (χ3n) is 1.86. The molecule has 106 valence electrons. The molecule has 0 saturated carbocycles. The first-order valence-corrected chi connectivity index (χ1v) is 5.02. The van der Waals surface area contributed by atoms with Crippen molar-refractivity contribution in [2.24, 2.45) is 0 Å². The van der Waals surface area contributed by atoms with Gasteiger partial charge in [0.05, 0.1) is 5.56 Å². The SMILES string of the molecule is O=C(O)CC#Cc1cc(OC(F)(F)F)cc(C(=O)O)c1. The van der Waals surface area contributed by atoms with Crippen molar-refractivity contribution in [1.82, 2.24) is 0 Å². The van der Waals surface area contributed by atoms with Crippen LogP contribution in [0.4, 0.5) is 13.2 Å². The number of carbonyl (C=O) groups is 2. The molecular weight excluding hydrogens is 281 g/mol. The highest BCUT2D eigenvalue weighted by atomic mass is 19.4. The maximum Gasteiger partial charge on any atom is 0.573 e. The van der Waals surface area contributed by atoms with E-state index in [1.54, 1.807) is 0 Å². The lowest BCUT2D eigenvalue weighted by Gasteiger charge is -2.09. The fourth-order valence-electron chi connectivity index (χ4n) is 1.21. The molecule has 0 aliphatic heterocycles. The largest absolute Gasteiger partial charge is 0.573 e. The topological polar surface area (TPSA) is 83.8 Å². The second-order valence-electron chi connectivity index (χ2n) is 3.47. The molecule has 0 spiro atoms. The molecule has 0 atom stereocenters. The van der Waals surface area contributed by atoms with Gasteiger partial charge < -0.3 is 14.9 Å². The molecule has 1 aromatic rings. The minimum atomic E-state index is -4.97. The standard InChI is InChI=1S/C12H7F3O5/c13-12(14,15)20-9-5-7(2-1-3-10(16)17)4-8(6-9)11(18)19/h4-6H,3H2,(H,16,17)(H,18,19). The van der Waals surface area contributed by atoms with Crippen molar-refractivity contribution in [2.75, 3.05) is 0 Å². The number of benzene rings is 1. The molecule has 1 rings (SSSR count). The van der Waals surface area contributed by atoms with Crippen molar-refractivity contribution >= 4 is 11.9 Å². The van der Waals surface area contributed by atoms with E-state index < -0.39 is 36.0 Å². The molecule has 0 amide bonds. The van der Waals surface area contributed by atoms with E-state index >= 15 is 0 Å². The number of carboxylic acids is 2. The summed E-state index contributed by atoms with van der Waals surface area (Å²) in [6, 6.07) is 2.58. The van der Waals surface area contributed by atoms with Crippen LogP contribution in [-0.4, -0.2) is 28.5 Å². The third-order valence-corrected chi connectivity index (χ3v) is 1.86. The number of rotatable bonds is 3. The van der Waals surface area contributed by atoms with Crippen LogP contribution in [0.25, 0.3) is 0 Å². The number of alkyl halides is 3. The van der Waals surface area contributed by atoms with Gasteiger partial charge in [-0.05, 0) is 18.2 Å². The number of aromatic carboxylic acids is 1. The van der Waals surface area contributed by atoms with Crippen LogP contribution in [0.1, 0.15) is 22.3 Å². The maximum atomic E-state index is 12.1. The summed E-state index contributed by atoms with van der Waals surface area (Å²) in [7, 11) is 0. The molecule has 20 heavy (non-hydrogen) atoms. The Labute approximate surface area is 110 Å². The first-order chi connectivity index (χ1) is 9.17. The first-order valence-electron chi connectivity index (χ1n) is 5.02.